The average molecular weight is 212 g/mol. The lowest BCUT2D eigenvalue weighted by Gasteiger charge is -2.04. The Hall–Kier alpha value is -1.63. The minimum atomic E-state index is 0.777. The largest absolute Gasteiger partial charge is 0.298 e. The predicted molar refractivity (Wildman–Crippen MR) is 67.9 cm³/mol. The molecule has 0 unspecified atom stereocenters. The first kappa shape index (κ1) is 10.9. The Morgan fingerprint density at radius 3 is 2.81 bits per heavy atom. The van der Waals surface area contributed by atoms with Gasteiger partial charge in [0.2, 0.25) is 0 Å². The Labute approximate surface area is 96.1 Å². The van der Waals surface area contributed by atoms with Crippen molar-refractivity contribution in [2.24, 2.45) is 0 Å². The van der Waals surface area contributed by atoms with Crippen molar-refractivity contribution >= 4 is 17.1 Å². The third-order valence-electron chi connectivity index (χ3n) is 2.92. The molecule has 0 saturated heterocycles. The molecule has 0 amide bonds. The highest BCUT2D eigenvalue weighted by atomic mass is 16.1. The molecule has 2 rings (SSSR count). The summed E-state index contributed by atoms with van der Waals surface area (Å²) in [6, 6.07) is 12.3. The molecule has 0 aromatic heterocycles. The lowest BCUT2D eigenvalue weighted by atomic mass is 10.0. The van der Waals surface area contributed by atoms with E-state index in [2.05, 4.69) is 31.2 Å². The van der Waals surface area contributed by atoms with E-state index in [0.29, 0.717) is 0 Å². The van der Waals surface area contributed by atoms with Crippen LogP contribution in [0.1, 0.15) is 35.7 Å². The van der Waals surface area contributed by atoms with Crippen LogP contribution in [-0.4, -0.2) is 6.29 Å². The third-order valence-corrected chi connectivity index (χ3v) is 2.92. The van der Waals surface area contributed by atoms with E-state index in [1.165, 1.54) is 23.8 Å². The van der Waals surface area contributed by atoms with Gasteiger partial charge >= 0.3 is 0 Å². The normalized spacial score (nSPS) is 10.6. The maximum Gasteiger partial charge on any atom is 0.150 e. The molecule has 1 heteroatoms. The molecule has 0 spiro atoms. The summed E-state index contributed by atoms with van der Waals surface area (Å²) in [7, 11) is 0. The predicted octanol–water partition coefficient (Wildman–Crippen LogP) is 3.99. The molecule has 2 aromatic carbocycles. The number of rotatable bonds is 4. The van der Waals surface area contributed by atoms with Crippen LogP contribution < -0.4 is 0 Å². The lowest BCUT2D eigenvalue weighted by Crippen LogP contribution is -1.87. The van der Waals surface area contributed by atoms with Crippen molar-refractivity contribution in [2.45, 2.75) is 26.2 Å². The van der Waals surface area contributed by atoms with E-state index in [9.17, 15) is 4.79 Å². The fourth-order valence-corrected chi connectivity index (χ4v) is 2.00. The van der Waals surface area contributed by atoms with Crippen LogP contribution in [0.2, 0.25) is 0 Å². The SMILES string of the molecule is CCCCc1ccc2c(C=O)cccc2c1. The lowest BCUT2D eigenvalue weighted by molar-refractivity contribution is 0.112. The van der Waals surface area contributed by atoms with Gasteiger partial charge in [-0.3, -0.25) is 4.79 Å². The smallest absolute Gasteiger partial charge is 0.150 e. The van der Waals surface area contributed by atoms with Crippen molar-refractivity contribution in [3.05, 3.63) is 47.5 Å². The zero-order chi connectivity index (χ0) is 11.4. The van der Waals surface area contributed by atoms with Gasteiger partial charge in [-0.2, -0.15) is 0 Å². The zero-order valence-corrected chi connectivity index (χ0v) is 9.57. The van der Waals surface area contributed by atoms with Crippen LogP contribution in [0.3, 0.4) is 0 Å². The van der Waals surface area contributed by atoms with Crippen molar-refractivity contribution in [3.8, 4) is 0 Å². The van der Waals surface area contributed by atoms with Crippen LogP contribution in [-0.2, 0) is 6.42 Å². The van der Waals surface area contributed by atoms with Gasteiger partial charge in [0, 0.05) is 5.56 Å². The van der Waals surface area contributed by atoms with Gasteiger partial charge in [0.15, 0.2) is 6.29 Å². The number of carbonyl (C=O) groups is 1. The monoisotopic (exact) mass is 212 g/mol. The van der Waals surface area contributed by atoms with Crippen LogP contribution in [0.25, 0.3) is 10.8 Å². The van der Waals surface area contributed by atoms with E-state index < -0.39 is 0 Å². The zero-order valence-electron chi connectivity index (χ0n) is 9.57. The van der Waals surface area contributed by atoms with E-state index in [-0.39, 0.29) is 0 Å². The summed E-state index contributed by atoms with van der Waals surface area (Å²) in [5.74, 6) is 0. The molecule has 0 bridgehead atoms. The van der Waals surface area contributed by atoms with Crippen molar-refractivity contribution in [1.82, 2.24) is 0 Å². The highest BCUT2D eigenvalue weighted by Gasteiger charge is 2.00. The topological polar surface area (TPSA) is 17.1 Å². The van der Waals surface area contributed by atoms with Crippen molar-refractivity contribution in [3.63, 3.8) is 0 Å². The Morgan fingerprint density at radius 2 is 2.06 bits per heavy atom. The molecule has 0 saturated carbocycles. The second-order valence-corrected chi connectivity index (χ2v) is 4.12. The maximum absolute atomic E-state index is 10.9. The summed E-state index contributed by atoms with van der Waals surface area (Å²) in [4.78, 5) is 10.9. The first-order valence-electron chi connectivity index (χ1n) is 5.82. The van der Waals surface area contributed by atoms with Gasteiger partial charge in [-0.1, -0.05) is 49.7 Å². The van der Waals surface area contributed by atoms with Crippen molar-refractivity contribution in [1.29, 1.82) is 0 Å². The summed E-state index contributed by atoms with van der Waals surface area (Å²) >= 11 is 0. The minimum absolute atomic E-state index is 0.777. The summed E-state index contributed by atoms with van der Waals surface area (Å²) in [5.41, 5.74) is 2.14. The Balaban J connectivity index is 2.43. The minimum Gasteiger partial charge on any atom is -0.298 e. The molecule has 0 fully saturated rings. The van der Waals surface area contributed by atoms with Crippen LogP contribution in [0.4, 0.5) is 0 Å². The second-order valence-electron chi connectivity index (χ2n) is 4.12. The van der Waals surface area contributed by atoms with E-state index in [4.69, 9.17) is 0 Å². The molecule has 0 atom stereocenters. The highest BCUT2D eigenvalue weighted by Crippen LogP contribution is 2.20. The molecule has 0 N–H and O–H groups in total. The Bertz CT molecular complexity index is 500. The second kappa shape index (κ2) is 4.93. The summed E-state index contributed by atoms with van der Waals surface area (Å²) in [6.45, 7) is 2.20. The Kier molecular flexibility index (Phi) is 3.35. The number of aldehydes is 1. The number of benzene rings is 2. The maximum atomic E-state index is 10.9. The van der Waals surface area contributed by atoms with Gasteiger partial charge in [0.05, 0.1) is 0 Å². The number of hydrogen-bond donors (Lipinski definition) is 0. The standard InChI is InChI=1S/C15H16O/c1-2-3-5-12-8-9-15-13(10-12)6-4-7-14(15)11-16/h4,6-11H,2-3,5H2,1H3. The number of unbranched alkanes of at least 4 members (excludes halogenated alkanes) is 1. The molecule has 0 aliphatic carbocycles. The fourth-order valence-electron chi connectivity index (χ4n) is 2.00. The van der Waals surface area contributed by atoms with E-state index in [0.717, 1.165) is 23.7 Å². The van der Waals surface area contributed by atoms with Gasteiger partial charge in [-0.05, 0) is 29.2 Å². The number of aryl methyl sites for hydroxylation is 1. The fraction of sp³-hybridized carbons (Fsp3) is 0.267. The summed E-state index contributed by atoms with van der Waals surface area (Å²) in [5, 5.41) is 2.22. The molecule has 0 aliphatic rings. The van der Waals surface area contributed by atoms with Gasteiger partial charge in [-0.25, -0.2) is 0 Å². The first-order valence-corrected chi connectivity index (χ1v) is 5.82. The van der Waals surface area contributed by atoms with Crippen molar-refractivity contribution < 1.29 is 4.79 Å². The number of fused-ring (bicyclic) bond motifs is 1. The molecule has 2 aromatic rings. The molecular weight excluding hydrogens is 196 g/mol. The molecule has 0 heterocycles. The quantitative estimate of drug-likeness (QED) is 0.700. The van der Waals surface area contributed by atoms with Crippen LogP contribution >= 0.6 is 0 Å². The van der Waals surface area contributed by atoms with E-state index in [1.54, 1.807) is 0 Å². The van der Waals surface area contributed by atoms with Gasteiger partial charge in [0.1, 0.15) is 0 Å². The molecule has 82 valence electrons. The molecule has 16 heavy (non-hydrogen) atoms. The third kappa shape index (κ3) is 2.13. The number of hydrogen-bond acceptors (Lipinski definition) is 1. The average Bonchev–Trinajstić information content (AvgIpc) is 2.35. The van der Waals surface area contributed by atoms with Crippen LogP contribution in [0.15, 0.2) is 36.4 Å². The highest BCUT2D eigenvalue weighted by molar-refractivity contribution is 5.98. The van der Waals surface area contributed by atoms with Crippen LogP contribution in [0, 0.1) is 0 Å². The Morgan fingerprint density at radius 1 is 1.19 bits per heavy atom. The van der Waals surface area contributed by atoms with Gasteiger partial charge in [-0.15, -0.1) is 0 Å². The van der Waals surface area contributed by atoms with E-state index in [1.807, 2.05) is 12.1 Å². The number of carbonyl (C=O) groups excluding carboxylic acids is 1. The first-order chi connectivity index (χ1) is 7.85. The van der Waals surface area contributed by atoms with E-state index >= 15 is 0 Å². The summed E-state index contributed by atoms with van der Waals surface area (Å²) < 4.78 is 0. The summed E-state index contributed by atoms with van der Waals surface area (Å²) in [6.07, 6.45) is 4.48. The molecule has 0 radical (unpaired) electrons. The molecule has 0 aliphatic heterocycles. The molecule has 1 nitrogen and oxygen atoms in total. The molecular formula is C15H16O. The van der Waals surface area contributed by atoms with Gasteiger partial charge in [0.25, 0.3) is 0 Å². The van der Waals surface area contributed by atoms with Crippen LogP contribution in [0.5, 0.6) is 0 Å². The van der Waals surface area contributed by atoms with Crippen molar-refractivity contribution in [2.75, 3.05) is 0 Å². The van der Waals surface area contributed by atoms with Gasteiger partial charge < -0.3 is 0 Å².